The van der Waals surface area contributed by atoms with Crippen LogP contribution in [0.2, 0.25) is 0 Å². The Morgan fingerprint density at radius 2 is 2.05 bits per heavy atom. The average molecular weight is 309 g/mol. The molecule has 0 saturated heterocycles. The summed E-state index contributed by atoms with van der Waals surface area (Å²) in [6, 6.07) is 6.16. The van der Waals surface area contributed by atoms with Gasteiger partial charge >= 0.3 is 5.97 Å². The van der Waals surface area contributed by atoms with E-state index < -0.39 is 30.1 Å². The van der Waals surface area contributed by atoms with Crippen molar-refractivity contribution in [2.45, 2.75) is 12.8 Å². The molecule has 22 heavy (non-hydrogen) atoms. The van der Waals surface area contributed by atoms with Gasteiger partial charge in [0.25, 0.3) is 5.91 Å². The van der Waals surface area contributed by atoms with E-state index in [0.717, 1.165) is 12.1 Å². The summed E-state index contributed by atoms with van der Waals surface area (Å²) in [5, 5.41) is 2.19. The Kier molecular flexibility index (Phi) is 5.24. The second-order valence-electron chi connectivity index (χ2n) is 4.41. The summed E-state index contributed by atoms with van der Waals surface area (Å²) in [5.74, 6) is -2.31. The summed E-state index contributed by atoms with van der Waals surface area (Å²) in [6.45, 7) is -0.548. The summed E-state index contributed by atoms with van der Waals surface area (Å²) >= 11 is 0. The van der Waals surface area contributed by atoms with Gasteiger partial charge in [-0.2, -0.15) is 0 Å². The zero-order chi connectivity index (χ0) is 15.9. The molecule has 2 aromatic rings. The second kappa shape index (κ2) is 7.35. The Hall–Kier alpha value is -2.70. The molecule has 116 valence electrons. The number of halogens is 2. The lowest BCUT2D eigenvalue weighted by Gasteiger charge is -2.07. The fourth-order valence-corrected chi connectivity index (χ4v) is 1.68. The van der Waals surface area contributed by atoms with E-state index in [2.05, 4.69) is 5.32 Å². The Morgan fingerprint density at radius 1 is 1.23 bits per heavy atom. The molecule has 1 aromatic heterocycles. The van der Waals surface area contributed by atoms with Crippen molar-refractivity contribution >= 4 is 17.6 Å². The third-order valence-corrected chi connectivity index (χ3v) is 2.73. The highest BCUT2D eigenvalue weighted by atomic mass is 19.1. The quantitative estimate of drug-likeness (QED) is 0.833. The van der Waals surface area contributed by atoms with E-state index in [4.69, 9.17) is 9.15 Å². The first-order chi connectivity index (χ1) is 10.5. The Morgan fingerprint density at radius 3 is 2.73 bits per heavy atom. The molecule has 0 radical (unpaired) electrons. The number of benzene rings is 1. The fourth-order valence-electron chi connectivity index (χ4n) is 1.68. The molecule has 1 aromatic carbocycles. The maximum absolute atomic E-state index is 13.3. The van der Waals surface area contributed by atoms with Crippen LogP contribution in [-0.4, -0.2) is 18.5 Å². The molecule has 0 saturated carbocycles. The molecule has 0 aliphatic heterocycles. The van der Waals surface area contributed by atoms with Crippen LogP contribution in [0.3, 0.4) is 0 Å². The van der Waals surface area contributed by atoms with E-state index >= 15 is 0 Å². The van der Waals surface area contributed by atoms with E-state index in [1.165, 1.54) is 6.26 Å². The maximum Gasteiger partial charge on any atom is 0.306 e. The molecule has 2 rings (SSSR count). The number of hydrogen-bond donors (Lipinski definition) is 1. The summed E-state index contributed by atoms with van der Waals surface area (Å²) in [7, 11) is 0. The molecule has 5 nitrogen and oxygen atoms in total. The summed E-state index contributed by atoms with van der Waals surface area (Å²) in [6.07, 6.45) is 1.91. The van der Waals surface area contributed by atoms with E-state index in [-0.39, 0.29) is 12.1 Å². The number of esters is 1. The van der Waals surface area contributed by atoms with Crippen LogP contribution in [0.5, 0.6) is 0 Å². The number of hydrogen-bond acceptors (Lipinski definition) is 4. The SMILES string of the molecule is O=C(COC(=O)CCc1ccco1)Nc1ccc(F)cc1F. The van der Waals surface area contributed by atoms with Gasteiger partial charge in [-0.1, -0.05) is 0 Å². The van der Waals surface area contributed by atoms with Crippen LogP contribution in [0.25, 0.3) is 0 Å². The van der Waals surface area contributed by atoms with Gasteiger partial charge in [-0.05, 0) is 24.3 Å². The normalized spacial score (nSPS) is 10.3. The van der Waals surface area contributed by atoms with E-state index in [9.17, 15) is 18.4 Å². The van der Waals surface area contributed by atoms with Crippen molar-refractivity contribution in [1.29, 1.82) is 0 Å². The van der Waals surface area contributed by atoms with E-state index in [0.29, 0.717) is 18.2 Å². The number of rotatable bonds is 6. The number of nitrogens with one attached hydrogen (secondary N) is 1. The molecule has 7 heteroatoms. The van der Waals surface area contributed by atoms with Gasteiger partial charge in [-0.3, -0.25) is 9.59 Å². The van der Waals surface area contributed by atoms with Crippen molar-refractivity contribution in [3.05, 3.63) is 54.0 Å². The third kappa shape index (κ3) is 4.69. The number of furan rings is 1. The van der Waals surface area contributed by atoms with Crippen molar-refractivity contribution < 1.29 is 27.5 Å². The minimum absolute atomic E-state index is 0.0612. The highest BCUT2D eigenvalue weighted by Crippen LogP contribution is 2.14. The number of carbonyl (C=O) groups excluding carboxylic acids is 2. The first-order valence-electron chi connectivity index (χ1n) is 6.47. The lowest BCUT2D eigenvalue weighted by molar-refractivity contribution is -0.147. The standard InChI is InChI=1S/C15H13F2NO4/c16-10-3-5-13(12(17)8-10)18-14(19)9-22-15(20)6-4-11-2-1-7-21-11/h1-3,5,7-8H,4,6,9H2,(H,18,19). The summed E-state index contributed by atoms with van der Waals surface area (Å²) < 4.78 is 35.8. The zero-order valence-electron chi connectivity index (χ0n) is 11.5. The molecule has 0 aliphatic carbocycles. The van der Waals surface area contributed by atoms with Gasteiger partial charge in [0.15, 0.2) is 6.61 Å². The van der Waals surface area contributed by atoms with Crippen LogP contribution in [0.1, 0.15) is 12.2 Å². The van der Waals surface area contributed by atoms with Gasteiger partial charge in [-0.25, -0.2) is 8.78 Å². The highest BCUT2D eigenvalue weighted by Gasteiger charge is 2.11. The molecule has 0 unspecified atom stereocenters. The van der Waals surface area contributed by atoms with Gasteiger partial charge < -0.3 is 14.5 Å². The smallest absolute Gasteiger partial charge is 0.306 e. The number of aryl methyl sites for hydroxylation is 1. The summed E-state index contributed by atoms with van der Waals surface area (Å²) in [4.78, 5) is 23.0. The number of amides is 1. The molecule has 0 atom stereocenters. The Labute approximate surface area is 124 Å². The summed E-state index contributed by atoms with van der Waals surface area (Å²) in [5.41, 5.74) is -0.182. The van der Waals surface area contributed by atoms with Crippen molar-refractivity contribution in [3.8, 4) is 0 Å². The van der Waals surface area contributed by atoms with Gasteiger partial charge in [0, 0.05) is 12.5 Å². The number of anilines is 1. The monoisotopic (exact) mass is 309 g/mol. The largest absolute Gasteiger partial charge is 0.469 e. The molecule has 1 heterocycles. The number of ether oxygens (including phenoxy) is 1. The molecular formula is C15H13F2NO4. The Bertz CT molecular complexity index is 656. The van der Waals surface area contributed by atoms with Gasteiger partial charge in [0.05, 0.1) is 18.4 Å². The predicted molar refractivity (Wildman–Crippen MR) is 73.0 cm³/mol. The zero-order valence-corrected chi connectivity index (χ0v) is 11.5. The van der Waals surface area contributed by atoms with Gasteiger partial charge in [0.2, 0.25) is 0 Å². The average Bonchev–Trinajstić information content (AvgIpc) is 2.99. The van der Waals surface area contributed by atoms with Crippen LogP contribution in [0.15, 0.2) is 41.0 Å². The van der Waals surface area contributed by atoms with Gasteiger partial charge in [-0.15, -0.1) is 0 Å². The molecule has 0 bridgehead atoms. The lowest BCUT2D eigenvalue weighted by Crippen LogP contribution is -2.21. The fraction of sp³-hybridized carbons (Fsp3) is 0.200. The molecular weight excluding hydrogens is 296 g/mol. The Balaban J connectivity index is 1.74. The van der Waals surface area contributed by atoms with Crippen molar-refractivity contribution in [2.75, 3.05) is 11.9 Å². The predicted octanol–water partition coefficient (Wildman–Crippen LogP) is 2.67. The van der Waals surface area contributed by atoms with Crippen LogP contribution in [0, 0.1) is 11.6 Å². The van der Waals surface area contributed by atoms with Crippen molar-refractivity contribution in [1.82, 2.24) is 0 Å². The van der Waals surface area contributed by atoms with Crippen molar-refractivity contribution in [3.63, 3.8) is 0 Å². The van der Waals surface area contributed by atoms with Crippen molar-refractivity contribution in [2.24, 2.45) is 0 Å². The maximum atomic E-state index is 13.3. The van der Waals surface area contributed by atoms with Crippen LogP contribution in [-0.2, 0) is 20.7 Å². The minimum atomic E-state index is -0.905. The molecule has 0 fully saturated rings. The van der Waals surface area contributed by atoms with Crippen LogP contribution in [0.4, 0.5) is 14.5 Å². The number of carbonyl (C=O) groups is 2. The van der Waals surface area contributed by atoms with Crippen LogP contribution >= 0.6 is 0 Å². The third-order valence-electron chi connectivity index (χ3n) is 2.73. The van der Waals surface area contributed by atoms with E-state index in [1.54, 1.807) is 12.1 Å². The van der Waals surface area contributed by atoms with Gasteiger partial charge in [0.1, 0.15) is 17.4 Å². The first-order valence-corrected chi connectivity index (χ1v) is 6.47. The lowest BCUT2D eigenvalue weighted by atomic mass is 10.2. The molecule has 1 amide bonds. The molecule has 1 N–H and O–H groups in total. The topological polar surface area (TPSA) is 68.5 Å². The molecule has 0 spiro atoms. The minimum Gasteiger partial charge on any atom is -0.469 e. The second-order valence-corrected chi connectivity index (χ2v) is 4.41. The molecule has 0 aliphatic rings. The van der Waals surface area contributed by atoms with E-state index in [1.807, 2.05) is 0 Å². The van der Waals surface area contributed by atoms with Crippen LogP contribution < -0.4 is 5.32 Å². The highest BCUT2D eigenvalue weighted by molar-refractivity contribution is 5.92. The first kappa shape index (κ1) is 15.7.